The van der Waals surface area contributed by atoms with Gasteiger partial charge in [-0.2, -0.15) is 0 Å². The van der Waals surface area contributed by atoms with E-state index in [1.165, 1.54) is 6.20 Å². The normalized spacial score (nSPS) is 17.5. The summed E-state index contributed by atoms with van der Waals surface area (Å²) in [5.74, 6) is 1.22. The van der Waals surface area contributed by atoms with Crippen LogP contribution in [-0.4, -0.2) is 24.0 Å². The summed E-state index contributed by atoms with van der Waals surface area (Å²) in [6.45, 7) is 1.74. The maximum atomic E-state index is 12.2. The zero-order valence-electron chi connectivity index (χ0n) is 12.6. The first-order valence-corrected chi connectivity index (χ1v) is 7.99. The first-order valence-electron chi connectivity index (χ1n) is 7.62. The molecule has 3 rings (SSSR count). The molecule has 1 aromatic heterocycles. The van der Waals surface area contributed by atoms with Crippen molar-refractivity contribution in [1.82, 2.24) is 10.3 Å². The smallest absolute Gasteiger partial charge is 0.228 e. The standard InChI is InChI=1S/C17H18ClN3O2/c18-13-3-8-16(20-11-13)23-15-6-4-14(5-7-15)21-17(22)12-2-1-9-19-10-12/h3-8,11-12,19H,1-2,9-10H2,(H,21,22). The molecule has 5 nitrogen and oxygen atoms in total. The molecule has 0 saturated carbocycles. The van der Waals surface area contributed by atoms with Crippen molar-refractivity contribution in [3.05, 3.63) is 47.6 Å². The fourth-order valence-electron chi connectivity index (χ4n) is 2.47. The van der Waals surface area contributed by atoms with Gasteiger partial charge >= 0.3 is 0 Å². The van der Waals surface area contributed by atoms with E-state index in [9.17, 15) is 4.79 Å². The minimum atomic E-state index is 0.0398. The first kappa shape index (κ1) is 15.8. The molecule has 2 N–H and O–H groups in total. The van der Waals surface area contributed by atoms with Crippen LogP contribution in [0.2, 0.25) is 5.02 Å². The Morgan fingerprint density at radius 1 is 1.26 bits per heavy atom. The monoisotopic (exact) mass is 331 g/mol. The van der Waals surface area contributed by atoms with Gasteiger partial charge < -0.3 is 15.4 Å². The van der Waals surface area contributed by atoms with Gasteiger partial charge in [0, 0.05) is 24.5 Å². The van der Waals surface area contributed by atoms with Crippen LogP contribution in [0, 0.1) is 5.92 Å². The summed E-state index contributed by atoms with van der Waals surface area (Å²) in [5.41, 5.74) is 0.761. The minimum absolute atomic E-state index is 0.0398. The van der Waals surface area contributed by atoms with E-state index < -0.39 is 0 Å². The van der Waals surface area contributed by atoms with Gasteiger partial charge in [-0.1, -0.05) is 11.6 Å². The lowest BCUT2D eigenvalue weighted by Crippen LogP contribution is -2.37. The van der Waals surface area contributed by atoms with Crippen LogP contribution in [0.5, 0.6) is 11.6 Å². The van der Waals surface area contributed by atoms with Crippen molar-refractivity contribution in [2.75, 3.05) is 18.4 Å². The van der Waals surface area contributed by atoms with Crippen LogP contribution in [0.15, 0.2) is 42.6 Å². The summed E-state index contributed by atoms with van der Waals surface area (Å²) < 4.78 is 5.62. The maximum Gasteiger partial charge on any atom is 0.228 e. The number of halogens is 1. The van der Waals surface area contributed by atoms with Gasteiger partial charge in [0.1, 0.15) is 5.75 Å². The molecule has 0 bridgehead atoms. The Bertz CT molecular complexity index is 653. The lowest BCUT2D eigenvalue weighted by Gasteiger charge is -2.21. The predicted molar refractivity (Wildman–Crippen MR) is 90.0 cm³/mol. The summed E-state index contributed by atoms with van der Waals surface area (Å²) in [6.07, 6.45) is 3.50. The number of pyridine rings is 1. The number of nitrogens with zero attached hydrogens (tertiary/aromatic N) is 1. The molecule has 2 aromatic rings. The third-order valence-corrected chi connectivity index (χ3v) is 3.94. The Morgan fingerprint density at radius 3 is 2.74 bits per heavy atom. The number of carbonyl (C=O) groups is 1. The van der Waals surface area contributed by atoms with Gasteiger partial charge in [0.05, 0.1) is 10.9 Å². The van der Waals surface area contributed by atoms with Crippen LogP contribution in [0.3, 0.4) is 0 Å². The highest BCUT2D eigenvalue weighted by Gasteiger charge is 2.20. The van der Waals surface area contributed by atoms with Crippen molar-refractivity contribution in [2.24, 2.45) is 5.92 Å². The molecule has 1 atom stereocenters. The van der Waals surface area contributed by atoms with E-state index in [1.54, 1.807) is 24.3 Å². The molecule has 0 radical (unpaired) electrons. The zero-order chi connectivity index (χ0) is 16.1. The van der Waals surface area contributed by atoms with Gasteiger partial charge in [0.2, 0.25) is 11.8 Å². The van der Waals surface area contributed by atoms with Gasteiger partial charge in [-0.3, -0.25) is 4.79 Å². The Morgan fingerprint density at radius 2 is 2.09 bits per heavy atom. The second-order valence-electron chi connectivity index (χ2n) is 5.47. The molecule has 1 aliphatic heterocycles. The molecule has 1 unspecified atom stereocenters. The average molecular weight is 332 g/mol. The summed E-state index contributed by atoms with van der Waals surface area (Å²) in [5, 5.41) is 6.75. The molecule has 0 spiro atoms. The summed E-state index contributed by atoms with van der Waals surface area (Å²) in [4.78, 5) is 16.2. The third-order valence-electron chi connectivity index (χ3n) is 3.71. The van der Waals surface area contributed by atoms with Gasteiger partial charge in [-0.25, -0.2) is 4.98 Å². The number of piperidine rings is 1. The van der Waals surface area contributed by atoms with Crippen LogP contribution in [0.1, 0.15) is 12.8 Å². The highest BCUT2D eigenvalue weighted by Crippen LogP contribution is 2.23. The summed E-state index contributed by atoms with van der Waals surface area (Å²) >= 11 is 5.79. The Labute approximate surface area is 140 Å². The van der Waals surface area contributed by atoms with Gasteiger partial charge in [-0.15, -0.1) is 0 Å². The molecule has 1 aromatic carbocycles. The summed E-state index contributed by atoms with van der Waals surface area (Å²) in [7, 11) is 0. The van der Waals surface area contributed by atoms with Crippen LogP contribution in [-0.2, 0) is 4.79 Å². The average Bonchev–Trinajstić information content (AvgIpc) is 2.59. The molecule has 1 saturated heterocycles. The number of nitrogens with one attached hydrogen (secondary N) is 2. The van der Waals surface area contributed by atoms with E-state index in [2.05, 4.69) is 15.6 Å². The summed E-state index contributed by atoms with van der Waals surface area (Å²) in [6, 6.07) is 10.7. The van der Waals surface area contributed by atoms with E-state index in [0.29, 0.717) is 16.7 Å². The highest BCUT2D eigenvalue weighted by molar-refractivity contribution is 6.30. The van der Waals surface area contributed by atoms with Gasteiger partial charge in [0.25, 0.3) is 0 Å². The molecule has 6 heteroatoms. The Kier molecular flexibility index (Phi) is 5.10. The fourth-order valence-corrected chi connectivity index (χ4v) is 2.58. The Hall–Kier alpha value is -2.11. The van der Waals surface area contributed by atoms with Crippen molar-refractivity contribution < 1.29 is 9.53 Å². The number of anilines is 1. The minimum Gasteiger partial charge on any atom is -0.439 e. The molecular weight excluding hydrogens is 314 g/mol. The SMILES string of the molecule is O=C(Nc1ccc(Oc2ccc(Cl)cn2)cc1)C1CCCNC1. The molecule has 1 aliphatic rings. The predicted octanol–water partition coefficient (Wildman–Crippen LogP) is 3.47. The topological polar surface area (TPSA) is 63.2 Å². The number of aromatic nitrogens is 1. The molecule has 2 heterocycles. The quantitative estimate of drug-likeness (QED) is 0.900. The van der Waals surface area contributed by atoms with Crippen molar-refractivity contribution in [3.8, 4) is 11.6 Å². The molecule has 120 valence electrons. The second kappa shape index (κ2) is 7.44. The van der Waals surface area contributed by atoms with Crippen LogP contribution < -0.4 is 15.4 Å². The van der Waals surface area contributed by atoms with Crippen molar-refractivity contribution in [3.63, 3.8) is 0 Å². The number of benzene rings is 1. The molecule has 1 fully saturated rings. The van der Waals surface area contributed by atoms with E-state index in [4.69, 9.17) is 16.3 Å². The number of amides is 1. The van der Waals surface area contributed by atoms with E-state index >= 15 is 0 Å². The largest absolute Gasteiger partial charge is 0.439 e. The first-order chi connectivity index (χ1) is 11.2. The van der Waals surface area contributed by atoms with Crippen molar-refractivity contribution >= 4 is 23.2 Å². The molecule has 1 amide bonds. The van der Waals surface area contributed by atoms with Gasteiger partial charge in [-0.05, 0) is 49.7 Å². The van der Waals surface area contributed by atoms with E-state index in [0.717, 1.165) is 31.6 Å². The Balaban J connectivity index is 1.58. The lowest BCUT2D eigenvalue weighted by atomic mass is 9.99. The highest BCUT2D eigenvalue weighted by atomic mass is 35.5. The third kappa shape index (κ3) is 4.43. The molecule has 23 heavy (non-hydrogen) atoms. The molecular formula is C17H18ClN3O2. The van der Waals surface area contributed by atoms with Gasteiger partial charge in [0.15, 0.2) is 0 Å². The van der Waals surface area contributed by atoms with Crippen LogP contribution in [0.25, 0.3) is 0 Å². The fraction of sp³-hybridized carbons (Fsp3) is 0.294. The second-order valence-corrected chi connectivity index (χ2v) is 5.91. The molecule has 0 aliphatic carbocycles. The maximum absolute atomic E-state index is 12.2. The lowest BCUT2D eigenvalue weighted by molar-refractivity contribution is -0.120. The van der Waals surface area contributed by atoms with Crippen LogP contribution in [0.4, 0.5) is 5.69 Å². The number of rotatable bonds is 4. The number of hydrogen-bond donors (Lipinski definition) is 2. The van der Waals surface area contributed by atoms with Crippen molar-refractivity contribution in [1.29, 1.82) is 0 Å². The zero-order valence-corrected chi connectivity index (χ0v) is 13.3. The van der Waals surface area contributed by atoms with Crippen LogP contribution >= 0.6 is 11.6 Å². The van der Waals surface area contributed by atoms with E-state index in [-0.39, 0.29) is 11.8 Å². The number of carbonyl (C=O) groups excluding carboxylic acids is 1. The number of ether oxygens (including phenoxy) is 1. The van der Waals surface area contributed by atoms with E-state index in [1.807, 2.05) is 12.1 Å². The number of hydrogen-bond acceptors (Lipinski definition) is 4. The van der Waals surface area contributed by atoms with Crippen molar-refractivity contribution in [2.45, 2.75) is 12.8 Å².